The van der Waals surface area contributed by atoms with Gasteiger partial charge in [0.05, 0.1) is 24.0 Å². The van der Waals surface area contributed by atoms with Gasteiger partial charge in [-0.15, -0.1) is 0 Å². The molecule has 1 aromatic rings. The van der Waals surface area contributed by atoms with Gasteiger partial charge in [0.15, 0.2) is 0 Å². The molecule has 0 aliphatic heterocycles. The molecule has 0 spiro atoms. The number of carbonyl (C=O) groups is 1. The van der Waals surface area contributed by atoms with Crippen LogP contribution in [0.5, 0.6) is 0 Å². The lowest BCUT2D eigenvalue weighted by Gasteiger charge is -2.14. The van der Waals surface area contributed by atoms with E-state index in [9.17, 15) is 18.0 Å². The van der Waals surface area contributed by atoms with E-state index in [1.807, 2.05) is 5.32 Å². The fourth-order valence-corrected chi connectivity index (χ4v) is 1.28. The van der Waals surface area contributed by atoms with Crippen LogP contribution in [-0.2, 0) is 6.18 Å². The quantitative estimate of drug-likeness (QED) is 0.667. The highest BCUT2D eigenvalue weighted by atomic mass is 19.4. The number of aliphatic hydroxyl groups excluding tert-OH is 2. The number of hydrogen-bond donors (Lipinski definition) is 4. The van der Waals surface area contributed by atoms with Gasteiger partial charge in [-0.25, -0.2) is 4.79 Å². The number of amides is 2. The van der Waals surface area contributed by atoms with Crippen LogP contribution in [0.4, 0.5) is 23.7 Å². The van der Waals surface area contributed by atoms with Crippen molar-refractivity contribution in [3.05, 3.63) is 29.8 Å². The largest absolute Gasteiger partial charge is 0.418 e. The maximum atomic E-state index is 12.6. The van der Waals surface area contributed by atoms with E-state index < -0.39 is 30.5 Å². The lowest BCUT2D eigenvalue weighted by atomic mass is 10.1. The molecule has 1 rings (SSSR count). The van der Waals surface area contributed by atoms with E-state index in [1.165, 1.54) is 12.1 Å². The van der Waals surface area contributed by atoms with Gasteiger partial charge in [-0.3, -0.25) is 0 Å². The molecule has 19 heavy (non-hydrogen) atoms. The fourth-order valence-electron chi connectivity index (χ4n) is 1.28. The minimum absolute atomic E-state index is 0.267. The molecular weight excluding hydrogens is 265 g/mol. The second-order valence-electron chi connectivity index (χ2n) is 3.71. The molecule has 0 radical (unpaired) electrons. The van der Waals surface area contributed by atoms with E-state index in [-0.39, 0.29) is 12.2 Å². The van der Waals surface area contributed by atoms with Gasteiger partial charge in [-0.05, 0) is 12.1 Å². The van der Waals surface area contributed by atoms with E-state index in [0.29, 0.717) is 0 Å². The van der Waals surface area contributed by atoms with Gasteiger partial charge in [-0.2, -0.15) is 13.2 Å². The normalized spacial score (nSPS) is 12.9. The minimum atomic E-state index is -4.57. The summed E-state index contributed by atoms with van der Waals surface area (Å²) in [6.45, 7) is -0.823. The molecule has 106 valence electrons. The third-order valence-corrected chi connectivity index (χ3v) is 2.19. The van der Waals surface area contributed by atoms with E-state index in [4.69, 9.17) is 10.2 Å². The monoisotopic (exact) mass is 278 g/mol. The Hall–Kier alpha value is -1.80. The minimum Gasteiger partial charge on any atom is -0.394 e. The molecule has 0 heterocycles. The molecule has 0 aliphatic carbocycles. The smallest absolute Gasteiger partial charge is 0.394 e. The van der Waals surface area contributed by atoms with Gasteiger partial charge < -0.3 is 20.8 Å². The van der Waals surface area contributed by atoms with Crippen molar-refractivity contribution >= 4 is 11.7 Å². The molecule has 0 aliphatic rings. The summed E-state index contributed by atoms with van der Waals surface area (Å²) < 4.78 is 37.9. The van der Waals surface area contributed by atoms with Crippen molar-refractivity contribution in [2.75, 3.05) is 18.5 Å². The summed E-state index contributed by atoms with van der Waals surface area (Å²) in [4.78, 5) is 11.3. The second kappa shape index (κ2) is 6.39. The van der Waals surface area contributed by atoms with Crippen molar-refractivity contribution < 1.29 is 28.2 Å². The fraction of sp³-hybridized carbons (Fsp3) is 0.364. The molecule has 0 aromatic heterocycles. The number of nitrogens with one attached hydrogen (secondary N) is 2. The number of rotatable bonds is 4. The lowest BCUT2D eigenvalue weighted by molar-refractivity contribution is -0.136. The number of benzene rings is 1. The Morgan fingerprint density at radius 2 is 1.95 bits per heavy atom. The summed E-state index contributed by atoms with van der Waals surface area (Å²) in [6.07, 6.45) is -5.74. The number of para-hydroxylation sites is 1. The molecular formula is C11H13F3N2O3. The van der Waals surface area contributed by atoms with Crippen molar-refractivity contribution in [3.63, 3.8) is 0 Å². The first kappa shape index (κ1) is 15.3. The van der Waals surface area contributed by atoms with Gasteiger partial charge in [0.1, 0.15) is 0 Å². The molecule has 0 fully saturated rings. The molecule has 1 unspecified atom stereocenters. The number of anilines is 1. The summed E-state index contributed by atoms with van der Waals surface area (Å²) in [5, 5.41) is 21.7. The summed E-state index contributed by atoms with van der Waals surface area (Å²) in [5.41, 5.74) is -1.35. The summed E-state index contributed by atoms with van der Waals surface area (Å²) in [5.74, 6) is 0. The molecule has 1 atom stereocenters. The standard InChI is InChI=1S/C11H13F3N2O3/c12-11(13,14)8-3-1-2-4-9(8)16-10(19)15-5-7(18)6-17/h1-4,7,17-18H,5-6H2,(H2,15,16,19). The third-order valence-electron chi connectivity index (χ3n) is 2.19. The van der Waals surface area contributed by atoms with Gasteiger partial charge in [-0.1, -0.05) is 12.1 Å². The number of urea groups is 1. The summed E-state index contributed by atoms with van der Waals surface area (Å²) in [7, 11) is 0. The van der Waals surface area contributed by atoms with Crippen molar-refractivity contribution in [1.82, 2.24) is 5.32 Å². The van der Waals surface area contributed by atoms with E-state index in [2.05, 4.69) is 5.32 Å². The highest BCUT2D eigenvalue weighted by molar-refractivity contribution is 5.90. The predicted molar refractivity (Wildman–Crippen MR) is 61.6 cm³/mol. The van der Waals surface area contributed by atoms with Crippen LogP contribution in [0.25, 0.3) is 0 Å². The number of carbonyl (C=O) groups excluding carboxylic acids is 1. The molecule has 2 amide bonds. The number of halogens is 3. The predicted octanol–water partition coefficient (Wildman–Crippen LogP) is 1.18. The van der Waals surface area contributed by atoms with E-state index >= 15 is 0 Å². The zero-order valence-corrected chi connectivity index (χ0v) is 9.74. The highest BCUT2D eigenvalue weighted by Crippen LogP contribution is 2.34. The van der Waals surface area contributed by atoms with Gasteiger partial charge in [0.25, 0.3) is 0 Å². The van der Waals surface area contributed by atoms with Crippen molar-refractivity contribution in [3.8, 4) is 0 Å². The van der Waals surface area contributed by atoms with Crippen LogP contribution < -0.4 is 10.6 Å². The van der Waals surface area contributed by atoms with Crippen LogP contribution >= 0.6 is 0 Å². The van der Waals surface area contributed by atoms with Crippen LogP contribution in [0.3, 0.4) is 0 Å². The molecule has 0 bridgehead atoms. The average Bonchev–Trinajstić information content (AvgIpc) is 2.35. The Balaban J connectivity index is 2.70. The Morgan fingerprint density at radius 3 is 2.53 bits per heavy atom. The average molecular weight is 278 g/mol. The molecule has 8 heteroatoms. The molecule has 4 N–H and O–H groups in total. The number of aliphatic hydroxyl groups is 2. The molecule has 0 saturated heterocycles. The maximum absolute atomic E-state index is 12.6. The summed E-state index contributed by atoms with van der Waals surface area (Å²) in [6, 6.07) is 3.63. The van der Waals surface area contributed by atoms with Crippen LogP contribution in [0.2, 0.25) is 0 Å². The van der Waals surface area contributed by atoms with Gasteiger partial charge in [0.2, 0.25) is 0 Å². The van der Waals surface area contributed by atoms with Crippen LogP contribution in [0.1, 0.15) is 5.56 Å². The molecule has 1 aromatic carbocycles. The van der Waals surface area contributed by atoms with Gasteiger partial charge >= 0.3 is 12.2 Å². The van der Waals surface area contributed by atoms with Crippen LogP contribution in [0, 0.1) is 0 Å². The van der Waals surface area contributed by atoms with Crippen LogP contribution in [-0.4, -0.2) is 35.5 Å². The first-order chi connectivity index (χ1) is 8.84. The Kier molecular flexibility index (Phi) is 5.13. The zero-order chi connectivity index (χ0) is 14.5. The van der Waals surface area contributed by atoms with E-state index in [1.54, 1.807) is 0 Å². The molecule has 0 saturated carbocycles. The molecule has 5 nitrogen and oxygen atoms in total. The second-order valence-corrected chi connectivity index (χ2v) is 3.71. The maximum Gasteiger partial charge on any atom is 0.418 e. The zero-order valence-electron chi connectivity index (χ0n) is 9.74. The third kappa shape index (κ3) is 4.76. The summed E-state index contributed by atoms with van der Waals surface area (Å²) >= 11 is 0. The van der Waals surface area contributed by atoms with Crippen LogP contribution in [0.15, 0.2) is 24.3 Å². The Bertz CT molecular complexity index is 437. The topological polar surface area (TPSA) is 81.6 Å². The SMILES string of the molecule is O=C(NCC(O)CO)Nc1ccccc1C(F)(F)F. The van der Waals surface area contributed by atoms with Crippen molar-refractivity contribution in [1.29, 1.82) is 0 Å². The first-order valence-corrected chi connectivity index (χ1v) is 5.34. The number of alkyl halides is 3. The van der Waals surface area contributed by atoms with E-state index in [0.717, 1.165) is 12.1 Å². The first-order valence-electron chi connectivity index (χ1n) is 5.34. The number of hydrogen-bond acceptors (Lipinski definition) is 3. The Morgan fingerprint density at radius 1 is 1.32 bits per heavy atom. The Labute approximate surface area is 107 Å². The highest BCUT2D eigenvalue weighted by Gasteiger charge is 2.33. The van der Waals surface area contributed by atoms with Crippen molar-refractivity contribution in [2.45, 2.75) is 12.3 Å². The van der Waals surface area contributed by atoms with Crippen molar-refractivity contribution in [2.24, 2.45) is 0 Å². The van der Waals surface area contributed by atoms with Gasteiger partial charge in [0, 0.05) is 6.54 Å². The lowest BCUT2D eigenvalue weighted by Crippen LogP contribution is -2.37.